The van der Waals surface area contributed by atoms with Crippen LogP contribution in [0.4, 0.5) is 22.0 Å². The van der Waals surface area contributed by atoms with Crippen LogP contribution in [0, 0.1) is 29.1 Å². The lowest BCUT2D eigenvalue weighted by molar-refractivity contribution is 0.0955. The maximum atomic E-state index is 13.5. The fourth-order valence-corrected chi connectivity index (χ4v) is 2.08. The highest BCUT2D eigenvalue weighted by Gasteiger charge is 2.24. The molecule has 0 heterocycles. The molecule has 0 bridgehead atoms. The van der Waals surface area contributed by atoms with Gasteiger partial charge in [0.15, 0.2) is 23.3 Å². The van der Waals surface area contributed by atoms with Crippen molar-refractivity contribution in [1.29, 1.82) is 0 Å². The molecule has 0 radical (unpaired) electrons. The molecule has 0 atom stereocenters. The number of benzene rings is 2. The van der Waals surface area contributed by atoms with Crippen molar-refractivity contribution >= 4 is 12.1 Å². The highest BCUT2D eigenvalue weighted by molar-refractivity contribution is 5.95. The van der Waals surface area contributed by atoms with Gasteiger partial charge in [-0.15, -0.1) is 0 Å². The van der Waals surface area contributed by atoms with Gasteiger partial charge in [-0.05, 0) is 23.1 Å². The summed E-state index contributed by atoms with van der Waals surface area (Å²) in [5.41, 5.74) is 1.81. The summed E-state index contributed by atoms with van der Waals surface area (Å²) >= 11 is 0. The second-order valence-corrected chi connectivity index (χ2v) is 6.51. The highest BCUT2D eigenvalue weighted by Crippen LogP contribution is 2.23. The van der Waals surface area contributed by atoms with Crippen molar-refractivity contribution in [3.63, 3.8) is 0 Å². The van der Waals surface area contributed by atoms with Gasteiger partial charge in [-0.25, -0.2) is 27.4 Å². The van der Waals surface area contributed by atoms with Crippen LogP contribution in [0.15, 0.2) is 29.4 Å². The van der Waals surface area contributed by atoms with Crippen molar-refractivity contribution < 1.29 is 26.7 Å². The summed E-state index contributed by atoms with van der Waals surface area (Å²) < 4.78 is 66.1. The third kappa shape index (κ3) is 3.89. The molecular weight excluding hydrogens is 355 g/mol. The molecular formula is C18H15F5N2O. The Morgan fingerprint density at radius 1 is 0.885 bits per heavy atom. The summed E-state index contributed by atoms with van der Waals surface area (Å²) in [5, 5.41) is 3.26. The van der Waals surface area contributed by atoms with Crippen LogP contribution < -0.4 is 5.43 Å². The average molecular weight is 370 g/mol. The highest BCUT2D eigenvalue weighted by atomic mass is 19.2. The van der Waals surface area contributed by atoms with E-state index in [1.165, 1.54) is 12.1 Å². The van der Waals surface area contributed by atoms with Crippen molar-refractivity contribution in [3.8, 4) is 0 Å². The number of amides is 1. The zero-order valence-electron chi connectivity index (χ0n) is 14.1. The van der Waals surface area contributed by atoms with E-state index in [-0.39, 0.29) is 11.0 Å². The monoisotopic (exact) mass is 370 g/mol. The molecule has 138 valence electrons. The Kier molecular flexibility index (Phi) is 5.44. The van der Waals surface area contributed by atoms with Crippen LogP contribution in [0.3, 0.4) is 0 Å². The number of carbonyl (C=O) groups excluding carboxylic acids is 1. The SMILES string of the molecule is CC(C)(C)c1ccc(C(=O)N/N=C\c2c(F)c(F)c(F)c(F)c2F)cc1. The average Bonchev–Trinajstić information content (AvgIpc) is 2.60. The van der Waals surface area contributed by atoms with Crippen LogP contribution in [-0.4, -0.2) is 12.1 Å². The van der Waals surface area contributed by atoms with Crippen molar-refractivity contribution in [2.45, 2.75) is 26.2 Å². The second kappa shape index (κ2) is 7.23. The number of carbonyl (C=O) groups is 1. The maximum absolute atomic E-state index is 13.5. The molecule has 0 saturated heterocycles. The van der Waals surface area contributed by atoms with Gasteiger partial charge in [0.05, 0.1) is 11.8 Å². The summed E-state index contributed by atoms with van der Waals surface area (Å²) in [5.74, 6) is -11.2. The number of hydrogen-bond acceptors (Lipinski definition) is 2. The van der Waals surface area contributed by atoms with E-state index in [9.17, 15) is 26.7 Å². The number of halogens is 5. The van der Waals surface area contributed by atoms with E-state index in [4.69, 9.17) is 0 Å². The number of nitrogens with one attached hydrogen (secondary N) is 1. The summed E-state index contributed by atoms with van der Waals surface area (Å²) in [6.45, 7) is 5.99. The molecule has 8 heteroatoms. The van der Waals surface area contributed by atoms with Crippen LogP contribution in [0.25, 0.3) is 0 Å². The van der Waals surface area contributed by atoms with Gasteiger partial charge in [-0.3, -0.25) is 4.79 Å². The maximum Gasteiger partial charge on any atom is 0.271 e. The van der Waals surface area contributed by atoms with E-state index in [2.05, 4.69) is 5.10 Å². The largest absolute Gasteiger partial charge is 0.271 e. The minimum absolute atomic E-state index is 0.112. The first-order valence-corrected chi connectivity index (χ1v) is 7.49. The Morgan fingerprint density at radius 2 is 1.35 bits per heavy atom. The van der Waals surface area contributed by atoms with Gasteiger partial charge < -0.3 is 0 Å². The molecule has 3 nitrogen and oxygen atoms in total. The number of rotatable bonds is 3. The van der Waals surface area contributed by atoms with E-state index in [0.29, 0.717) is 6.21 Å². The van der Waals surface area contributed by atoms with Gasteiger partial charge in [0.2, 0.25) is 5.82 Å². The quantitative estimate of drug-likeness (QED) is 0.280. The fraction of sp³-hybridized carbons (Fsp3) is 0.222. The Hall–Kier alpha value is -2.77. The molecule has 1 amide bonds. The molecule has 0 saturated carbocycles. The fourth-order valence-electron chi connectivity index (χ4n) is 2.08. The first-order chi connectivity index (χ1) is 12.0. The van der Waals surface area contributed by atoms with Crippen LogP contribution in [0.5, 0.6) is 0 Å². The van der Waals surface area contributed by atoms with Gasteiger partial charge in [0.25, 0.3) is 5.91 Å². The van der Waals surface area contributed by atoms with E-state index >= 15 is 0 Å². The zero-order chi connectivity index (χ0) is 19.6. The lowest BCUT2D eigenvalue weighted by atomic mass is 9.87. The van der Waals surface area contributed by atoms with Crippen molar-refractivity contribution in [2.75, 3.05) is 0 Å². The minimum atomic E-state index is -2.26. The summed E-state index contributed by atoms with van der Waals surface area (Å²) in [6, 6.07) is 6.54. The normalized spacial score (nSPS) is 11.8. The van der Waals surface area contributed by atoms with Gasteiger partial charge in [-0.2, -0.15) is 5.10 Å². The van der Waals surface area contributed by atoms with Gasteiger partial charge >= 0.3 is 0 Å². The molecule has 0 aliphatic heterocycles. The second-order valence-electron chi connectivity index (χ2n) is 6.51. The lowest BCUT2D eigenvalue weighted by Crippen LogP contribution is -2.19. The Balaban J connectivity index is 2.18. The first-order valence-electron chi connectivity index (χ1n) is 7.49. The molecule has 26 heavy (non-hydrogen) atoms. The number of hydrogen-bond donors (Lipinski definition) is 1. The molecule has 2 rings (SSSR count). The third-order valence-corrected chi connectivity index (χ3v) is 3.62. The molecule has 2 aromatic rings. The topological polar surface area (TPSA) is 41.5 Å². The van der Waals surface area contributed by atoms with Crippen molar-refractivity contribution in [1.82, 2.24) is 5.43 Å². The van der Waals surface area contributed by atoms with E-state index < -0.39 is 40.6 Å². The summed E-state index contributed by atoms with van der Waals surface area (Å²) in [4.78, 5) is 11.9. The van der Waals surface area contributed by atoms with Crippen LogP contribution >= 0.6 is 0 Å². The minimum Gasteiger partial charge on any atom is -0.267 e. The van der Waals surface area contributed by atoms with Crippen LogP contribution in [-0.2, 0) is 5.41 Å². The van der Waals surface area contributed by atoms with E-state index in [0.717, 1.165) is 5.56 Å². The summed E-state index contributed by atoms with van der Waals surface area (Å²) in [6.07, 6.45) is 0.359. The molecule has 0 aromatic heterocycles. The molecule has 0 unspecified atom stereocenters. The predicted octanol–water partition coefficient (Wildman–Crippen LogP) is 4.44. The van der Waals surface area contributed by atoms with Gasteiger partial charge in [-0.1, -0.05) is 32.9 Å². The molecule has 0 spiro atoms. The standard InChI is InChI=1S/C18H15F5N2O/c1-18(2,3)10-6-4-9(5-7-10)17(26)25-24-8-11-12(19)14(21)16(23)15(22)13(11)20/h4-8H,1-3H3,(H,25,26)/b24-8-. The Labute approximate surface area is 146 Å². The van der Waals surface area contributed by atoms with Crippen molar-refractivity contribution in [3.05, 3.63) is 70.0 Å². The predicted molar refractivity (Wildman–Crippen MR) is 86.4 cm³/mol. The van der Waals surface area contributed by atoms with E-state index in [1.54, 1.807) is 12.1 Å². The number of nitrogens with zero attached hydrogens (tertiary/aromatic N) is 1. The Bertz CT molecular complexity index is 842. The third-order valence-electron chi connectivity index (χ3n) is 3.62. The smallest absolute Gasteiger partial charge is 0.267 e. The molecule has 1 N–H and O–H groups in total. The molecule has 0 aliphatic rings. The van der Waals surface area contributed by atoms with E-state index in [1.807, 2.05) is 26.2 Å². The first kappa shape index (κ1) is 19.6. The molecule has 2 aromatic carbocycles. The Morgan fingerprint density at radius 3 is 1.81 bits per heavy atom. The van der Waals surface area contributed by atoms with Gasteiger partial charge in [0, 0.05) is 5.56 Å². The van der Waals surface area contributed by atoms with Crippen LogP contribution in [0.1, 0.15) is 42.3 Å². The van der Waals surface area contributed by atoms with Crippen molar-refractivity contribution in [2.24, 2.45) is 5.10 Å². The zero-order valence-corrected chi connectivity index (χ0v) is 14.1. The number of hydrazone groups is 1. The summed E-state index contributed by atoms with van der Waals surface area (Å²) in [7, 11) is 0. The lowest BCUT2D eigenvalue weighted by Gasteiger charge is -2.18. The van der Waals surface area contributed by atoms with Crippen LogP contribution in [0.2, 0.25) is 0 Å². The molecule has 0 fully saturated rings. The van der Waals surface area contributed by atoms with Gasteiger partial charge in [0.1, 0.15) is 0 Å². The molecule has 0 aliphatic carbocycles.